The van der Waals surface area contributed by atoms with Gasteiger partial charge < -0.3 is 0 Å². The van der Waals surface area contributed by atoms with E-state index in [1.165, 1.54) is 0 Å². The van der Waals surface area contributed by atoms with E-state index in [2.05, 4.69) is 0 Å². The second-order valence-corrected chi connectivity index (χ2v) is 4.08. The molecule has 2 heteroatoms. The van der Waals surface area contributed by atoms with E-state index in [4.69, 9.17) is 11.6 Å². The van der Waals surface area contributed by atoms with Gasteiger partial charge in [0.15, 0.2) is 0 Å². The van der Waals surface area contributed by atoms with Crippen LogP contribution in [-0.2, 0) is 0 Å². The van der Waals surface area contributed by atoms with Gasteiger partial charge in [0.1, 0.15) is 6.29 Å². The Balaban J connectivity index is 2.59. The van der Waals surface area contributed by atoms with E-state index >= 15 is 0 Å². The van der Waals surface area contributed by atoms with Crippen LogP contribution in [0.3, 0.4) is 0 Å². The summed E-state index contributed by atoms with van der Waals surface area (Å²) < 4.78 is 0. The topological polar surface area (TPSA) is 17.1 Å². The predicted molar refractivity (Wildman–Crippen MR) is 67.0 cm³/mol. The molecule has 2 rings (SSSR count). The summed E-state index contributed by atoms with van der Waals surface area (Å²) in [5.41, 5.74) is 3.61. The lowest BCUT2D eigenvalue weighted by Crippen LogP contribution is -1.89. The summed E-state index contributed by atoms with van der Waals surface area (Å²) in [6, 6.07) is 13.6. The third-order valence-electron chi connectivity index (χ3n) is 2.57. The molecule has 0 unspecified atom stereocenters. The standard InChI is InChI=1S/C14H11ClO/c1-10-7-13(11-5-3-2-4-6-11)14(15)8-12(10)9-16/h2-9H,1H3. The summed E-state index contributed by atoms with van der Waals surface area (Å²) in [5.74, 6) is 0. The van der Waals surface area contributed by atoms with Crippen LogP contribution in [0.25, 0.3) is 11.1 Å². The van der Waals surface area contributed by atoms with Crippen molar-refractivity contribution in [2.45, 2.75) is 6.92 Å². The molecular weight excluding hydrogens is 220 g/mol. The van der Waals surface area contributed by atoms with Crippen molar-refractivity contribution in [1.29, 1.82) is 0 Å². The Labute approximate surface area is 99.7 Å². The molecule has 2 aromatic carbocycles. The van der Waals surface area contributed by atoms with E-state index in [-0.39, 0.29) is 0 Å². The van der Waals surface area contributed by atoms with Gasteiger partial charge in [0, 0.05) is 16.1 Å². The fourth-order valence-electron chi connectivity index (χ4n) is 1.66. The molecule has 0 aromatic heterocycles. The van der Waals surface area contributed by atoms with Crippen LogP contribution in [0.5, 0.6) is 0 Å². The van der Waals surface area contributed by atoms with Crippen LogP contribution in [0.15, 0.2) is 42.5 Å². The fraction of sp³-hybridized carbons (Fsp3) is 0.0714. The molecule has 1 nitrogen and oxygen atoms in total. The first-order valence-corrected chi connectivity index (χ1v) is 5.41. The molecule has 0 saturated heterocycles. The first-order chi connectivity index (χ1) is 7.72. The highest BCUT2D eigenvalue weighted by atomic mass is 35.5. The molecule has 2 aromatic rings. The molecule has 0 amide bonds. The van der Waals surface area contributed by atoms with E-state index in [1.807, 2.05) is 43.3 Å². The maximum Gasteiger partial charge on any atom is 0.150 e. The summed E-state index contributed by atoms with van der Waals surface area (Å²) in [4.78, 5) is 10.8. The van der Waals surface area contributed by atoms with Gasteiger partial charge in [-0.1, -0.05) is 41.9 Å². The summed E-state index contributed by atoms with van der Waals surface area (Å²) in [6.07, 6.45) is 0.829. The first-order valence-electron chi connectivity index (χ1n) is 5.03. The Kier molecular flexibility index (Phi) is 3.07. The minimum atomic E-state index is 0.610. The monoisotopic (exact) mass is 230 g/mol. The van der Waals surface area contributed by atoms with Crippen molar-refractivity contribution in [2.75, 3.05) is 0 Å². The van der Waals surface area contributed by atoms with E-state index in [1.54, 1.807) is 6.07 Å². The zero-order valence-corrected chi connectivity index (χ0v) is 9.66. The molecule has 0 radical (unpaired) electrons. The van der Waals surface area contributed by atoms with Crippen molar-refractivity contribution in [3.05, 3.63) is 58.6 Å². The van der Waals surface area contributed by atoms with Gasteiger partial charge in [0.05, 0.1) is 0 Å². The van der Waals surface area contributed by atoms with Crippen LogP contribution in [0.1, 0.15) is 15.9 Å². The molecule has 0 aliphatic rings. The Morgan fingerprint density at radius 3 is 2.44 bits per heavy atom. The molecule has 16 heavy (non-hydrogen) atoms. The SMILES string of the molecule is Cc1cc(-c2ccccc2)c(Cl)cc1C=O. The number of halogens is 1. The smallest absolute Gasteiger partial charge is 0.150 e. The molecule has 0 heterocycles. The van der Waals surface area contributed by atoms with Gasteiger partial charge >= 0.3 is 0 Å². The third kappa shape index (κ3) is 2.00. The van der Waals surface area contributed by atoms with Crippen LogP contribution in [-0.4, -0.2) is 6.29 Å². The van der Waals surface area contributed by atoms with Gasteiger partial charge in [0.25, 0.3) is 0 Å². The zero-order chi connectivity index (χ0) is 11.5. The Morgan fingerprint density at radius 1 is 1.12 bits per heavy atom. The predicted octanol–water partition coefficient (Wildman–Crippen LogP) is 4.13. The average Bonchev–Trinajstić information content (AvgIpc) is 2.32. The molecule has 0 aliphatic heterocycles. The normalized spacial score (nSPS) is 10.1. The number of benzene rings is 2. The van der Waals surface area contributed by atoms with E-state index in [0.717, 1.165) is 23.0 Å². The summed E-state index contributed by atoms with van der Waals surface area (Å²) in [5, 5.41) is 0.610. The quantitative estimate of drug-likeness (QED) is 0.709. The maximum absolute atomic E-state index is 10.8. The van der Waals surface area contributed by atoms with Crippen molar-refractivity contribution in [3.8, 4) is 11.1 Å². The Hall–Kier alpha value is -1.60. The van der Waals surface area contributed by atoms with Crippen LogP contribution < -0.4 is 0 Å². The molecular formula is C14H11ClO. The number of aldehydes is 1. The molecule has 0 fully saturated rings. The molecule has 0 aliphatic carbocycles. The highest BCUT2D eigenvalue weighted by Crippen LogP contribution is 2.29. The highest BCUT2D eigenvalue weighted by molar-refractivity contribution is 6.33. The van der Waals surface area contributed by atoms with Crippen molar-refractivity contribution >= 4 is 17.9 Å². The molecule has 0 N–H and O–H groups in total. The molecule has 0 bridgehead atoms. The average molecular weight is 231 g/mol. The van der Waals surface area contributed by atoms with Gasteiger partial charge in [-0.15, -0.1) is 0 Å². The Morgan fingerprint density at radius 2 is 1.81 bits per heavy atom. The summed E-state index contributed by atoms with van der Waals surface area (Å²) in [6.45, 7) is 1.91. The largest absolute Gasteiger partial charge is 0.298 e. The second-order valence-electron chi connectivity index (χ2n) is 3.67. The van der Waals surface area contributed by atoms with Gasteiger partial charge in [-0.3, -0.25) is 4.79 Å². The van der Waals surface area contributed by atoms with Gasteiger partial charge in [-0.25, -0.2) is 0 Å². The molecule has 0 atom stereocenters. The number of rotatable bonds is 2. The Bertz CT molecular complexity index is 518. The van der Waals surface area contributed by atoms with Crippen molar-refractivity contribution in [2.24, 2.45) is 0 Å². The van der Waals surface area contributed by atoms with Crippen molar-refractivity contribution in [3.63, 3.8) is 0 Å². The van der Waals surface area contributed by atoms with E-state index in [9.17, 15) is 4.79 Å². The summed E-state index contributed by atoms with van der Waals surface area (Å²) >= 11 is 6.16. The van der Waals surface area contributed by atoms with Crippen LogP contribution in [0, 0.1) is 6.92 Å². The van der Waals surface area contributed by atoms with Crippen molar-refractivity contribution < 1.29 is 4.79 Å². The lowest BCUT2D eigenvalue weighted by molar-refractivity contribution is 0.112. The molecule has 0 saturated carbocycles. The van der Waals surface area contributed by atoms with Gasteiger partial charge in [-0.05, 0) is 30.2 Å². The van der Waals surface area contributed by atoms with Crippen LogP contribution >= 0.6 is 11.6 Å². The third-order valence-corrected chi connectivity index (χ3v) is 2.88. The lowest BCUT2D eigenvalue weighted by Gasteiger charge is -2.07. The lowest BCUT2D eigenvalue weighted by atomic mass is 10.0. The number of carbonyl (C=O) groups excluding carboxylic acids is 1. The number of aryl methyl sites for hydroxylation is 1. The van der Waals surface area contributed by atoms with Gasteiger partial charge in [0.2, 0.25) is 0 Å². The molecule has 80 valence electrons. The number of carbonyl (C=O) groups is 1. The van der Waals surface area contributed by atoms with Gasteiger partial charge in [-0.2, -0.15) is 0 Å². The minimum absolute atomic E-state index is 0.610. The maximum atomic E-state index is 10.8. The minimum Gasteiger partial charge on any atom is -0.298 e. The van der Waals surface area contributed by atoms with E-state index in [0.29, 0.717) is 10.6 Å². The van der Waals surface area contributed by atoms with E-state index < -0.39 is 0 Å². The number of hydrogen-bond donors (Lipinski definition) is 0. The van der Waals surface area contributed by atoms with Crippen molar-refractivity contribution in [1.82, 2.24) is 0 Å². The second kappa shape index (κ2) is 4.50. The zero-order valence-electron chi connectivity index (χ0n) is 8.91. The number of hydrogen-bond acceptors (Lipinski definition) is 1. The van der Waals surface area contributed by atoms with Crippen LogP contribution in [0.4, 0.5) is 0 Å². The highest BCUT2D eigenvalue weighted by Gasteiger charge is 2.06. The first kappa shape index (κ1) is 10.9. The summed E-state index contributed by atoms with van der Waals surface area (Å²) in [7, 11) is 0. The molecule has 0 spiro atoms. The van der Waals surface area contributed by atoms with Crippen LogP contribution in [0.2, 0.25) is 5.02 Å². The fourth-order valence-corrected chi connectivity index (χ4v) is 1.94.